The molecule has 0 saturated heterocycles. The van der Waals surface area contributed by atoms with E-state index in [4.69, 9.17) is 22.4 Å². The maximum atomic E-state index is 8.89. The molecular weight excluding hydrogens is 236 g/mol. The lowest BCUT2D eigenvalue weighted by atomic mass is 10.2. The van der Waals surface area contributed by atoms with E-state index in [0.717, 1.165) is 5.56 Å². The minimum absolute atomic E-state index is 0.0210. The molecule has 0 aliphatic carbocycles. The van der Waals surface area contributed by atoms with Gasteiger partial charge in [-0.3, -0.25) is 0 Å². The summed E-state index contributed by atoms with van der Waals surface area (Å²) in [5.41, 5.74) is 1.14. The van der Waals surface area contributed by atoms with E-state index in [1.165, 1.54) is 0 Å². The molecule has 17 heavy (non-hydrogen) atoms. The molecule has 0 spiro atoms. The Kier molecular flexibility index (Phi) is 6.54. The van der Waals surface area contributed by atoms with Gasteiger partial charge in [0.2, 0.25) is 0 Å². The molecule has 94 valence electrons. The van der Waals surface area contributed by atoms with Crippen molar-refractivity contribution in [2.45, 2.75) is 6.54 Å². The second-order valence-corrected chi connectivity index (χ2v) is 3.97. The average molecular weight is 254 g/mol. The molecule has 0 aliphatic heterocycles. The predicted molar refractivity (Wildman–Crippen MR) is 71.6 cm³/mol. The van der Waals surface area contributed by atoms with Crippen LogP contribution in [-0.2, 0) is 6.54 Å². The largest absolute Gasteiger partial charge is 0.395 e. The van der Waals surface area contributed by atoms with Gasteiger partial charge in [-0.1, -0.05) is 30.3 Å². The van der Waals surface area contributed by atoms with Gasteiger partial charge in [0.15, 0.2) is 5.11 Å². The fourth-order valence-electron chi connectivity index (χ4n) is 1.44. The second-order valence-electron chi connectivity index (χ2n) is 3.58. The van der Waals surface area contributed by atoms with Crippen molar-refractivity contribution in [1.29, 1.82) is 0 Å². The lowest BCUT2D eigenvalue weighted by Crippen LogP contribution is -2.42. The Labute approximate surface area is 107 Å². The summed E-state index contributed by atoms with van der Waals surface area (Å²) in [4.78, 5) is 1.75. The highest BCUT2D eigenvalue weighted by molar-refractivity contribution is 7.80. The maximum absolute atomic E-state index is 8.89. The van der Waals surface area contributed by atoms with Crippen molar-refractivity contribution >= 4 is 17.3 Å². The molecule has 0 unspecified atom stereocenters. The number of hydrogen-bond acceptors (Lipinski definition) is 3. The summed E-state index contributed by atoms with van der Waals surface area (Å²) in [5, 5.41) is 21.4. The fourth-order valence-corrected chi connectivity index (χ4v) is 1.70. The zero-order chi connectivity index (χ0) is 12.5. The van der Waals surface area contributed by atoms with Crippen molar-refractivity contribution in [3.05, 3.63) is 35.9 Å². The zero-order valence-electron chi connectivity index (χ0n) is 9.67. The fraction of sp³-hybridized carbons (Fsp3) is 0.417. The molecule has 0 atom stereocenters. The first-order chi connectivity index (χ1) is 8.27. The van der Waals surface area contributed by atoms with E-state index in [1.54, 1.807) is 4.90 Å². The van der Waals surface area contributed by atoms with E-state index in [2.05, 4.69) is 5.32 Å². The summed E-state index contributed by atoms with van der Waals surface area (Å²) >= 11 is 5.20. The summed E-state index contributed by atoms with van der Waals surface area (Å²) in [7, 11) is 0. The number of nitrogens with one attached hydrogen (secondary N) is 1. The van der Waals surface area contributed by atoms with Crippen molar-refractivity contribution in [2.75, 3.05) is 26.3 Å². The number of thiocarbonyl (C=S) groups is 1. The quantitative estimate of drug-likeness (QED) is 0.640. The Morgan fingerprint density at radius 1 is 1.12 bits per heavy atom. The van der Waals surface area contributed by atoms with Crippen LogP contribution < -0.4 is 5.32 Å². The lowest BCUT2D eigenvalue weighted by Gasteiger charge is -2.24. The summed E-state index contributed by atoms with van der Waals surface area (Å²) in [5.74, 6) is 0. The van der Waals surface area contributed by atoms with E-state index >= 15 is 0 Å². The van der Waals surface area contributed by atoms with Gasteiger partial charge in [-0.15, -0.1) is 0 Å². The molecular formula is C12H18N2O2S. The SMILES string of the molecule is OCCN(CCO)C(=S)NCc1ccccc1. The van der Waals surface area contributed by atoms with Gasteiger partial charge < -0.3 is 20.4 Å². The maximum Gasteiger partial charge on any atom is 0.169 e. The lowest BCUT2D eigenvalue weighted by molar-refractivity contribution is 0.211. The molecule has 0 aliphatic rings. The first kappa shape index (κ1) is 13.9. The predicted octanol–water partition coefficient (Wildman–Crippen LogP) is 0.348. The van der Waals surface area contributed by atoms with Crippen LogP contribution in [0.15, 0.2) is 30.3 Å². The molecule has 1 aromatic carbocycles. The van der Waals surface area contributed by atoms with Gasteiger partial charge in [0, 0.05) is 19.6 Å². The summed E-state index contributed by atoms with van der Waals surface area (Å²) in [6.45, 7) is 1.55. The van der Waals surface area contributed by atoms with Gasteiger partial charge in [-0.05, 0) is 17.8 Å². The van der Waals surface area contributed by atoms with E-state index in [0.29, 0.717) is 24.7 Å². The highest BCUT2D eigenvalue weighted by Gasteiger charge is 2.07. The van der Waals surface area contributed by atoms with Crippen LogP contribution in [0.5, 0.6) is 0 Å². The van der Waals surface area contributed by atoms with Gasteiger partial charge >= 0.3 is 0 Å². The molecule has 3 N–H and O–H groups in total. The van der Waals surface area contributed by atoms with E-state index in [9.17, 15) is 0 Å². The van der Waals surface area contributed by atoms with Crippen LogP contribution in [0.2, 0.25) is 0 Å². The van der Waals surface area contributed by atoms with Crippen molar-refractivity contribution < 1.29 is 10.2 Å². The molecule has 4 nitrogen and oxygen atoms in total. The smallest absolute Gasteiger partial charge is 0.169 e. The highest BCUT2D eigenvalue weighted by Crippen LogP contribution is 1.98. The molecule has 0 fully saturated rings. The Balaban J connectivity index is 2.41. The van der Waals surface area contributed by atoms with Gasteiger partial charge in [0.25, 0.3) is 0 Å². The third kappa shape index (κ3) is 5.12. The topological polar surface area (TPSA) is 55.7 Å². The second kappa shape index (κ2) is 8.00. The molecule has 0 saturated carbocycles. The van der Waals surface area contributed by atoms with Crippen molar-refractivity contribution in [3.63, 3.8) is 0 Å². The molecule has 0 heterocycles. The van der Waals surface area contributed by atoms with Gasteiger partial charge in [0.1, 0.15) is 0 Å². The Morgan fingerprint density at radius 3 is 2.24 bits per heavy atom. The van der Waals surface area contributed by atoms with Gasteiger partial charge in [-0.25, -0.2) is 0 Å². The first-order valence-electron chi connectivity index (χ1n) is 5.56. The minimum Gasteiger partial charge on any atom is -0.395 e. The summed E-state index contributed by atoms with van der Waals surface area (Å²) in [6.07, 6.45) is 0. The molecule has 0 aromatic heterocycles. The minimum atomic E-state index is 0.0210. The van der Waals surface area contributed by atoms with E-state index in [-0.39, 0.29) is 13.2 Å². The summed E-state index contributed by atoms with van der Waals surface area (Å²) in [6, 6.07) is 9.93. The van der Waals surface area contributed by atoms with Crippen molar-refractivity contribution in [3.8, 4) is 0 Å². The number of aliphatic hydroxyl groups excluding tert-OH is 2. The van der Waals surface area contributed by atoms with Gasteiger partial charge in [0.05, 0.1) is 13.2 Å². The van der Waals surface area contributed by atoms with Crippen LogP contribution in [0.4, 0.5) is 0 Å². The van der Waals surface area contributed by atoms with Crippen LogP contribution in [0.25, 0.3) is 0 Å². The average Bonchev–Trinajstić information content (AvgIpc) is 2.37. The van der Waals surface area contributed by atoms with Crippen LogP contribution in [0.1, 0.15) is 5.56 Å². The van der Waals surface area contributed by atoms with Crippen LogP contribution in [-0.4, -0.2) is 46.5 Å². The summed E-state index contributed by atoms with van der Waals surface area (Å²) < 4.78 is 0. The number of rotatable bonds is 6. The zero-order valence-corrected chi connectivity index (χ0v) is 10.5. The van der Waals surface area contributed by atoms with Crippen LogP contribution in [0, 0.1) is 0 Å². The van der Waals surface area contributed by atoms with Gasteiger partial charge in [-0.2, -0.15) is 0 Å². The third-order valence-electron chi connectivity index (χ3n) is 2.31. The normalized spacial score (nSPS) is 10.0. The van der Waals surface area contributed by atoms with Crippen LogP contribution in [0.3, 0.4) is 0 Å². The number of aliphatic hydroxyl groups is 2. The third-order valence-corrected chi connectivity index (χ3v) is 2.72. The molecule has 0 bridgehead atoms. The Hall–Kier alpha value is -1.17. The molecule has 0 radical (unpaired) electrons. The van der Waals surface area contributed by atoms with Crippen molar-refractivity contribution in [2.24, 2.45) is 0 Å². The molecule has 1 rings (SSSR count). The molecule has 1 aromatic rings. The first-order valence-corrected chi connectivity index (χ1v) is 5.97. The van der Waals surface area contributed by atoms with E-state index in [1.807, 2.05) is 30.3 Å². The standard InChI is InChI=1S/C12H18N2O2S/c15-8-6-14(7-9-16)12(17)13-10-11-4-2-1-3-5-11/h1-5,15-16H,6-10H2,(H,13,17). The number of nitrogens with zero attached hydrogens (tertiary/aromatic N) is 1. The highest BCUT2D eigenvalue weighted by atomic mass is 32.1. The van der Waals surface area contributed by atoms with E-state index < -0.39 is 0 Å². The Bertz CT molecular complexity index is 327. The number of hydrogen-bond donors (Lipinski definition) is 3. The van der Waals surface area contributed by atoms with Crippen molar-refractivity contribution in [1.82, 2.24) is 10.2 Å². The molecule has 0 amide bonds. The number of benzene rings is 1. The Morgan fingerprint density at radius 2 is 1.71 bits per heavy atom. The van der Waals surface area contributed by atoms with Crippen LogP contribution >= 0.6 is 12.2 Å². The monoisotopic (exact) mass is 254 g/mol. The molecule has 5 heteroatoms.